The van der Waals surface area contributed by atoms with Gasteiger partial charge in [-0.1, -0.05) is 12.8 Å². The molecule has 0 atom stereocenters. The number of nitrogens with two attached hydrogens (primary N) is 1. The summed E-state index contributed by atoms with van der Waals surface area (Å²) in [5.74, 6) is -0.790. The van der Waals surface area contributed by atoms with Crippen LogP contribution in [-0.2, 0) is 19.9 Å². The smallest absolute Gasteiger partial charge is 0.276 e. The molecule has 6 nitrogen and oxygen atoms in total. The minimum Gasteiger partial charge on any atom is -0.365 e. The molecule has 2 heterocycles. The van der Waals surface area contributed by atoms with Gasteiger partial charge in [-0.3, -0.25) is 14.3 Å². The number of aryl methyl sites for hydroxylation is 2. The van der Waals surface area contributed by atoms with E-state index in [1.807, 2.05) is 0 Å². The molecule has 3 rings (SSSR count). The number of rotatable bonds is 3. The molecule has 0 saturated carbocycles. The van der Waals surface area contributed by atoms with Crippen LogP contribution in [0.3, 0.4) is 0 Å². The van der Waals surface area contributed by atoms with Crippen LogP contribution in [-0.4, -0.2) is 21.6 Å². The molecular weight excluding hydrogens is 312 g/mol. The normalized spacial score (nSPS) is 14.7. The molecule has 0 aliphatic heterocycles. The van der Waals surface area contributed by atoms with Crippen molar-refractivity contribution in [3.8, 4) is 0 Å². The Kier molecular flexibility index (Phi) is 4.47. The first-order valence-corrected chi connectivity index (χ1v) is 8.63. The van der Waals surface area contributed by atoms with Crippen molar-refractivity contribution in [1.82, 2.24) is 9.78 Å². The molecule has 122 valence electrons. The van der Waals surface area contributed by atoms with Crippen LogP contribution in [0, 0.1) is 0 Å². The fraction of sp³-hybridized carbons (Fsp3) is 0.438. The van der Waals surface area contributed by atoms with E-state index < -0.39 is 5.91 Å². The van der Waals surface area contributed by atoms with Gasteiger partial charge < -0.3 is 11.1 Å². The molecule has 0 saturated heterocycles. The van der Waals surface area contributed by atoms with Crippen LogP contribution >= 0.6 is 11.3 Å². The van der Waals surface area contributed by atoms with Crippen LogP contribution in [0.25, 0.3) is 0 Å². The van der Waals surface area contributed by atoms with Crippen LogP contribution in [0.5, 0.6) is 0 Å². The van der Waals surface area contributed by atoms with E-state index in [1.54, 1.807) is 24.0 Å². The monoisotopic (exact) mass is 332 g/mol. The molecule has 23 heavy (non-hydrogen) atoms. The molecule has 1 aliphatic rings. The third-order valence-corrected chi connectivity index (χ3v) is 5.30. The number of fused-ring (bicyclic) bond motifs is 1. The topological polar surface area (TPSA) is 90.0 Å². The van der Waals surface area contributed by atoms with E-state index in [-0.39, 0.29) is 5.91 Å². The van der Waals surface area contributed by atoms with Crippen LogP contribution in [0.1, 0.15) is 57.0 Å². The molecule has 0 bridgehead atoms. The van der Waals surface area contributed by atoms with Crippen molar-refractivity contribution in [2.45, 2.75) is 38.5 Å². The Bertz CT molecular complexity index is 747. The van der Waals surface area contributed by atoms with Gasteiger partial charge in [-0.25, -0.2) is 0 Å². The number of nitrogens with one attached hydrogen (secondary N) is 1. The first-order valence-electron chi connectivity index (χ1n) is 7.81. The number of primary amides is 1. The Morgan fingerprint density at radius 3 is 2.65 bits per heavy atom. The van der Waals surface area contributed by atoms with Gasteiger partial charge in [0.05, 0.1) is 5.56 Å². The highest BCUT2D eigenvalue weighted by Gasteiger charge is 2.24. The number of carbonyl (C=O) groups excluding carboxylic acids is 2. The lowest BCUT2D eigenvalue weighted by atomic mass is 9.96. The van der Waals surface area contributed by atoms with Gasteiger partial charge in [0, 0.05) is 18.1 Å². The van der Waals surface area contributed by atoms with Gasteiger partial charge in [-0.2, -0.15) is 5.10 Å². The van der Waals surface area contributed by atoms with Gasteiger partial charge in [0.15, 0.2) is 5.69 Å². The van der Waals surface area contributed by atoms with Crippen molar-refractivity contribution >= 4 is 28.2 Å². The zero-order chi connectivity index (χ0) is 16.4. The Balaban J connectivity index is 1.93. The van der Waals surface area contributed by atoms with Gasteiger partial charge >= 0.3 is 0 Å². The third-order valence-electron chi connectivity index (χ3n) is 4.09. The molecule has 0 spiro atoms. The molecule has 2 amide bonds. The maximum atomic E-state index is 12.3. The maximum Gasteiger partial charge on any atom is 0.276 e. The first kappa shape index (κ1) is 15.7. The SMILES string of the molecule is Cn1ccc(C(=O)Nc2sc3c(c2C(N)=O)CCCCCC3)n1. The molecule has 3 N–H and O–H groups in total. The molecule has 0 radical (unpaired) electrons. The fourth-order valence-electron chi connectivity index (χ4n) is 2.97. The quantitative estimate of drug-likeness (QED) is 0.905. The number of nitrogens with zero attached hydrogens (tertiary/aromatic N) is 2. The summed E-state index contributed by atoms with van der Waals surface area (Å²) in [6.45, 7) is 0. The highest BCUT2D eigenvalue weighted by Crippen LogP contribution is 2.37. The maximum absolute atomic E-state index is 12.3. The second-order valence-electron chi connectivity index (χ2n) is 5.82. The van der Waals surface area contributed by atoms with Gasteiger partial charge in [0.2, 0.25) is 0 Å². The number of amides is 2. The summed E-state index contributed by atoms with van der Waals surface area (Å²) in [5, 5.41) is 7.46. The third kappa shape index (κ3) is 3.29. The first-order chi connectivity index (χ1) is 11.1. The van der Waals surface area contributed by atoms with Crippen LogP contribution in [0.15, 0.2) is 12.3 Å². The zero-order valence-corrected chi connectivity index (χ0v) is 13.9. The second kappa shape index (κ2) is 6.54. The van der Waals surface area contributed by atoms with E-state index in [0.717, 1.165) is 31.2 Å². The van der Waals surface area contributed by atoms with Crippen LogP contribution < -0.4 is 11.1 Å². The van der Waals surface area contributed by atoms with Crippen molar-refractivity contribution in [3.63, 3.8) is 0 Å². The minimum atomic E-state index is -0.473. The van der Waals surface area contributed by atoms with Crippen molar-refractivity contribution in [2.24, 2.45) is 12.8 Å². The molecule has 1 aliphatic carbocycles. The lowest BCUT2D eigenvalue weighted by Gasteiger charge is -2.10. The van der Waals surface area contributed by atoms with Crippen LogP contribution in [0.2, 0.25) is 0 Å². The summed E-state index contributed by atoms with van der Waals surface area (Å²) < 4.78 is 1.57. The Morgan fingerprint density at radius 2 is 2.00 bits per heavy atom. The number of thiophene rings is 1. The van der Waals surface area contributed by atoms with Crippen molar-refractivity contribution < 1.29 is 9.59 Å². The Labute approximate surface area is 138 Å². The molecule has 2 aromatic heterocycles. The molecule has 0 fully saturated rings. The fourth-order valence-corrected chi connectivity index (χ4v) is 4.26. The summed E-state index contributed by atoms with van der Waals surface area (Å²) >= 11 is 1.48. The van der Waals surface area contributed by atoms with Gasteiger partial charge in [-0.15, -0.1) is 11.3 Å². The lowest BCUT2D eigenvalue weighted by Crippen LogP contribution is -2.18. The van der Waals surface area contributed by atoms with Crippen molar-refractivity contribution in [2.75, 3.05) is 5.32 Å². The Hall–Kier alpha value is -2.15. The largest absolute Gasteiger partial charge is 0.365 e. The number of carbonyl (C=O) groups is 2. The number of hydrogen-bond acceptors (Lipinski definition) is 4. The standard InChI is InChI=1S/C16H20N4O2S/c1-20-9-8-11(19-20)15(22)18-16-13(14(17)21)10-6-4-2-3-5-7-12(10)23-16/h8-9H,2-7H2,1H3,(H2,17,21)(H,18,22). The molecule has 7 heteroatoms. The predicted octanol–water partition coefficient (Wildman–Crippen LogP) is 2.49. The highest BCUT2D eigenvalue weighted by molar-refractivity contribution is 7.17. The van der Waals surface area contributed by atoms with Crippen molar-refractivity contribution in [1.29, 1.82) is 0 Å². The molecule has 0 aromatic carbocycles. The summed E-state index contributed by atoms with van der Waals surface area (Å²) in [5.41, 5.74) is 7.42. The number of anilines is 1. The van der Waals surface area contributed by atoms with E-state index in [4.69, 9.17) is 5.73 Å². The summed E-state index contributed by atoms with van der Waals surface area (Å²) in [4.78, 5) is 25.4. The van der Waals surface area contributed by atoms with E-state index in [0.29, 0.717) is 16.3 Å². The highest BCUT2D eigenvalue weighted by atomic mass is 32.1. The molecule has 2 aromatic rings. The van der Waals surface area contributed by atoms with Gasteiger partial charge in [-0.05, 0) is 37.3 Å². The van der Waals surface area contributed by atoms with Gasteiger partial charge in [0.25, 0.3) is 11.8 Å². The number of hydrogen-bond donors (Lipinski definition) is 2. The van der Waals surface area contributed by atoms with E-state index in [1.165, 1.54) is 29.1 Å². The Morgan fingerprint density at radius 1 is 1.26 bits per heavy atom. The van der Waals surface area contributed by atoms with Crippen LogP contribution in [0.4, 0.5) is 5.00 Å². The number of aromatic nitrogens is 2. The molecule has 0 unspecified atom stereocenters. The lowest BCUT2D eigenvalue weighted by molar-refractivity contribution is 0.100. The van der Waals surface area contributed by atoms with Gasteiger partial charge in [0.1, 0.15) is 5.00 Å². The zero-order valence-electron chi connectivity index (χ0n) is 13.1. The van der Waals surface area contributed by atoms with E-state index in [2.05, 4.69) is 10.4 Å². The minimum absolute atomic E-state index is 0.317. The average Bonchev–Trinajstić information content (AvgIpc) is 3.03. The summed E-state index contributed by atoms with van der Waals surface area (Å²) in [6.07, 6.45) is 8.04. The summed E-state index contributed by atoms with van der Waals surface area (Å²) in [6, 6.07) is 1.64. The van der Waals surface area contributed by atoms with Crippen molar-refractivity contribution in [3.05, 3.63) is 34.0 Å². The van der Waals surface area contributed by atoms with E-state index in [9.17, 15) is 9.59 Å². The van der Waals surface area contributed by atoms with E-state index >= 15 is 0 Å². The average molecular weight is 332 g/mol. The summed E-state index contributed by atoms with van der Waals surface area (Å²) in [7, 11) is 1.75. The second-order valence-corrected chi connectivity index (χ2v) is 6.92. The molecular formula is C16H20N4O2S. The predicted molar refractivity (Wildman–Crippen MR) is 89.9 cm³/mol.